The van der Waals surface area contributed by atoms with Crippen LogP contribution in [0.15, 0.2) is 53.0 Å². The van der Waals surface area contributed by atoms with Gasteiger partial charge in [-0.05, 0) is 42.2 Å². The van der Waals surface area contributed by atoms with Gasteiger partial charge in [-0.3, -0.25) is 14.4 Å². The smallest absolute Gasteiger partial charge is 0.314 e. The number of amides is 2. The van der Waals surface area contributed by atoms with Gasteiger partial charge in [-0.15, -0.1) is 0 Å². The van der Waals surface area contributed by atoms with E-state index in [9.17, 15) is 14.4 Å². The van der Waals surface area contributed by atoms with Crippen molar-refractivity contribution in [2.24, 2.45) is 5.92 Å². The van der Waals surface area contributed by atoms with Crippen LogP contribution in [-0.2, 0) is 19.1 Å². The van der Waals surface area contributed by atoms with Crippen LogP contribution in [0.25, 0.3) is 0 Å². The molecule has 0 aliphatic carbocycles. The second-order valence-corrected chi connectivity index (χ2v) is 8.08. The normalized spacial score (nSPS) is 12.5. The van der Waals surface area contributed by atoms with Crippen molar-refractivity contribution in [3.05, 3.63) is 64.1 Å². The first-order chi connectivity index (χ1) is 14.3. The SMILES string of the molecule is CC[C@H](C)[C@H](C(=O)OCC(=O)NCC(=O)Nc1ccc(Br)cc1C)c1ccccc1. The number of nitrogens with one attached hydrogen (secondary N) is 2. The first-order valence-electron chi connectivity index (χ1n) is 9.86. The highest BCUT2D eigenvalue weighted by atomic mass is 79.9. The molecule has 0 radical (unpaired) electrons. The molecule has 2 aromatic carbocycles. The summed E-state index contributed by atoms with van der Waals surface area (Å²) in [5, 5.41) is 5.21. The van der Waals surface area contributed by atoms with Crippen LogP contribution in [0.2, 0.25) is 0 Å². The van der Waals surface area contributed by atoms with Gasteiger partial charge in [-0.2, -0.15) is 0 Å². The molecule has 6 nitrogen and oxygen atoms in total. The van der Waals surface area contributed by atoms with Gasteiger partial charge in [0.2, 0.25) is 5.91 Å². The molecule has 30 heavy (non-hydrogen) atoms. The monoisotopic (exact) mass is 474 g/mol. The Labute approximate surface area is 185 Å². The lowest BCUT2D eigenvalue weighted by molar-refractivity contribution is -0.151. The number of hydrogen-bond acceptors (Lipinski definition) is 4. The lowest BCUT2D eigenvalue weighted by atomic mass is 9.86. The zero-order chi connectivity index (χ0) is 22.1. The molecule has 0 aliphatic rings. The lowest BCUT2D eigenvalue weighted by Crippen LogP contribution is -2.36. The van der Waals surface area contributed by atoms with Gasteiger partial charge in [0, 0.05) is 10.2 Å². The summed E-state index contributed by atoms with van der Waals surface area (Å²) in [6.07, 6.45) is 0.802. The van der Waals surface area contributed by atoms with E-state index in [2.05, 4.69) is 26.6 Å². The van der Waals surface area contributed by atoms with E-state index in [0.717, 1.165) is 22.0 Å². The predicted molar refractivity (Wildman–Crippen MR) is 120 cm³/mol. The number of rotatable bonds is 9. The molecule has 0 bridgehead atoms. The van der Waals surface area contributed by atoms with E-state index in [1.54, 1.807) is 6.07 Å². The maximum Gasteiger partial charge on any atom is 0.314 e. The van der Waals surface area contributed by atoms with Gasteiger partial charge in [0.15, 0.2) is 6.61 Å². The second-order valence-electron chi connectivity index (χ2n) is 7.17. The minimum Gasteiger partial charge on any atom is -0.455 e. The number of hydrogen-bond donors (Lipinski definition) is 2. The highest BCUT2D eigenvalue weighted by molar-refractivity contribution is 9.10. The van der Waals surface area contributed by atoms with Crippen LogP contribution in [0.4, 0.5) is 5.69 Å². The fraction of sp³-hybridized carbons (Fsp3) is 0.348. The van der Waals surface area contributed by atoms with E-state index in [-0.39, 0.29) is 18.4 Å². The largest absolute Gasteiger partial charge is 0.455 e. The Hall–Kier alpha value is -2.67. The third-order valence-corrected chi connectivity index (χ3v) is 5.37. The Kier molecular flexibility index (Phi) is 9.05. The van der Waals surface area contributed by atoms with Crippen molar-refractivity contribution in [1.82, 2.24) is 5.32 Å². The van der Waals surface area contributed by atoms with Crippen LogP contribution in [0.3, 0.4) is 0 Å². The summed E-state index contributed by atoms with van der Waals surface area (Å²) in [7, 11) is 0. The van der Waals surface area contributed by atoms with Crippen LogP contribution < -0.4 is 10.6 Å². The van der Waals surface area contributed by atoms with Crippen molar-refractivity contribution in [2.75, 3.05) is 18.5 Å². The summed E-state index contributed by atoms with van der Waals surface area (Å²) >= 11 is 3.37. The van der Waals surface area contributed by atoms with Gasteiger partial charge in [-0.25, -0.2) is 0 Å². The summed E-state index contributed by atoms with van der Waals surface area (Å²) in [6.45, 7) is 5.22. The summed E-state index contributed by atoms with van der Waals surface area (Å²) in [5.41, 5.74) is 2.43. The molecule has 2 atom stereocenters. The van der Waals surface area contributed by atoms with Gasteiger partial charge in [0.05, 0.1) is 12.5 Å². The second kappa shape index (κ2) is 11.5. The van der Waals surface area contributed by atoms with Crippen molar-refractivity contribution in [1.29, 1.82) is 0 Å². The fourth-order valence-electron chi connectivity index (χ4n) is 3.01. The van der Waals surface area contributed by atoms with Gasteiger partial charge >= 0.3 is 5.97 Å². The van der Waals surface area contributed by atoms with E-state index in [0.29, 0.717) is 5.69 Å². The first-order valence-corrected chi connectivity index (χ1v) is 10.6. The van der Waals surface area contributed by atoms with Gasteiger partial charge in [-0.1, -0.05) is 66.5 Å². The molecule has 0 saturated carbocycles. The van der Waals surface area contributed by atoms with Crippen molar-refractivity contribution >= 4 is 39.4 Å². The zero-order valence-corrected chi connectivity index (χ0v) is 19.0. The maximum absolute atomic E-state index is 12.6. The van der Waals surface area contributed by atoms with E-state index < -0.39 is 24.4 Å². The molecule has 0 aliphatic heterocycles. The van der Waals surface area contributed by atoms with Crippen LogP contribution in [0, 0.1) is 12.8 Å². The summed E-state index contributed by atoms with van der Waals surface area (Å²) in [4.78, 5) is 36.7. The molecule has 0 spiro atoms. The topological polar surface area (TPSA) is 84.5 Å². The molecule has 0 unspecified atom stereocenters. The zero-order valence-electron chi connectivity index (χ0n) is 17.4. The molecule has 0 fully saturated rings. The summed E-state index contributed by atoms with van der Waals surface area (Å²) in [6, 6.07) is 14.9. The van der Waals surface area contributed by atoms with E-state index in [1.807, 2.05) is 63.2 Å². The molecule has 0 heterocycles. The fourth-order valence-corrected chi connectivity index (χ4v) is 3.49. The van der Waals surface area contributed by atoms with Crippen molar-refractivity contribution in [3.8, 4) is 0 Å². The number of carbonyl (C=O) groups is 3. The summed E-state index contributed by atoms with van der Waals surface area (Å²) < 4.78 is 6.15. The highest BCUT2D eigenvalue weighted by Crippen LogP contribution is 2.28. The third-order valence-electron chi connectivity index (χ3n) is 4.88. The Bertz CT molecular complexity index is 886. The predicted octanol–water partition coefficient (Wildman–Crippen LogP) is 4.19. The molecule has 0 aromatic heterocycles. The molecular formula is C23H27BrN2O4. The molecule has 0 saturated heterocycles. The van der Waals surface area contributed by atoms with E-state index in [4.69, 9.17) is 4.74 Å². The number of carbonyl (C=O) groups excluding carboxylic acids is 3. The quantitative estimate of drug-likeness (QED) is 0.533. The Morgan fingerprint density at radius 1 is 1.07 bits per heavy atom. The lowest BCUT2D eigenvalue weighted by Gasteiger charge is -2.21. The van der Waals surface area contributed by atoms with Gasteiger partial charge in [0.25, 0.3) is 5.91 Å². The van der Waals surface area contributed by atoms with Gasteiger partial charge < -0.3 is 15.4 Å². The standard InChI is InChI=1S/C23H27BrN2O4/c1-4-15(2)22(17-8-6-5-7-9-17)23(29)30-14-21(28)25-13-20(27)26-19-11-10-18(24)12-16(19)3/h5-12,15,22H,4,13-14H2,1-3H3,(H,25,28)(H,26,27)/t15-,22-/m0/s1. The Morgan fingerprint density at radius 2 is 1.77 bits per heavy atom. The average Bonchev–Trinajstić information content (AvgIpc) is 2.73. The number of aryl methyl sites for hydroxylation is 1. The van der Waals surface area contributed by atoms with Crippen molar-refractivity contribution in [3.63, 3.8) is 0 Å². The van der Waals surface area contributed by atoms with E-state index >= 15 is 0 Å². The molecule has 2 aromatic rings. The van der Waals surface area contributed by atoms with Crippen molar-refractivity contribution in [2.45, 2.75) is 33.1 Å². The molecular weight excluding hydrogens is 448 g/mol. The minimum absolute atomic E-state index is 0.0721. The first kappa shape index (κ1) is 23.6. The molecule has 7 heteroatoms. The summed E-state index contributed by atoms with van der Waals surface area (Å²) in [5.74, 6) is -1.69. The Morgan fingerprint density at radius 3 is 2.40 bits per heavy atom. The van der Waals surface area contributed by atoms with Crippen LogP contribution >= 0.6 is 15.9 Å². The Balaban J connectivity index is 1.84. The van der Waals surface area contributed by atoms with Crippen LogP contribution in [0.1, 0.15) is 37.3 Å². The molecule has 2 N–H and O–H groups in total. The maximum atomic E-state index is 12.6. The van der Waals surface area contributed by atoms with Crippen molar-refractivity contribution < 1.29 is 19.1 Å². The number of halogens is 1. The number of anilines is 1. The third kappa shape index (κ3) is 6.99. The van der Waals surface area contributed by atoms with Crippen LogP contribution in [0.5, 0.6) is 0 Å². The highest BCUT2D eigenvalue weighted by Gasteiger charge is 2.27. The molecule has 2 rings (SSSR count). The molecule has 160 valence electrons. The number of ether oxygens (including phenoxy) is 1. The average molecular weight is 475 g/mol. The number of esters is 1. The van der Waals surface area contributed by atoms with Gasteiger partial charge in [0.1, 0.15) is 0 Å². The van der Waals surface area contributed by atoms with Crippen LogP contribution in [-0.4, -0.2) is 30.9 Å². The van der Waals surface area contributed by atoms with E-state index in [1.165, 1.54) is 0 Å². The number of benzene rings is 2. The molecule has 2 amide bonds. The minimum atomic E-state index is -0.526.